The van der Waals surface area contributed by atoms with E-state index in [1.807, 2.05) is 6.92 Å². The molecule has 1 fully saturated rings. The molecule has 1 N–H and O–H groups in total. The van der Waals surface area contributed by atoms with Crippen LogP contribution in [-0.4, -0.2) is 46.7 Å². The van der Waals surface area contributed by atoms with E-state index in [0.29, 0.717) is 0 Å². The molecule has 3 heterocycles. The minimum Gasteiger partial charge on any atom is -0.394 e. The van der Waals surface area contributed by atoms with Crippen LogP contribution in [0.1, 0.15) is 35.4 Å². The molecule has 27 heavy (non-hydrogen) atoms. The van der Waals surface area contributed by atoms with Crippen molar-refractivity contribution in [1.82, 2.24) is 14.5 Å². The molecule has 140 valence electrons. The van der Waals surface area contributed by atoms with Gasteiger partial charge < -0.3 is 14.6 Å². The lowest BCUT2D eigenvalue weighted by atomic mass is 9.91. The molecule has 0 radical (unpaired) electrons. The lowest BCUT2D eigenvalue weighted by Crippen LogP contribution is -2.33. The standard InChI is InChI=1S/C21H27BN4O/c1-12-8-16(22)9-13(2)19(12)26-10-14(3)18-20(23-15(4)24-21(18)26)25-7-5-6-17(25)11-27/h8-10,17,27H,5-7,11,22H2,1-4H3. The lowest BCUT2D eigenvalue weighted by molar-refractivity contribution is 0.266. The van der Waals surface area contributed by atoms with Crippen LogP contribution in [0.3, 0.4) is 0 Å². The summed E-state index contributed by atoms with van der Waals surface area (Å²) in [5, 5.41) is 10.9. The number of nitrogens with zero attached hydrogens (tertiary/aromatic N) is 4. The number of benzene rings is 1. The quantitative estimate of drug-likeness (QED) is 0.723. The predicted molar refractivity (Wildman–Crippen MR) is 113 cm³/mol. The summed E-state index contributed by atoms with van der Waals surface area (Å²) >= 11 is 0. The van der Waals surface area contributed by atoms with Gasteiger partial charge in [0.15, 0.2) is 5.65 Å². The predicted octanol–water partition coefficient (Wildman–Crippen LogP) is 1.87. The van der Waals surface area contributed by atoms with Crippen molar-refractivity contribution in [3.63, 3.8) is 0 Å². The van der Waals surface area contributed by atoms with Gasteiger partial charge in [-0.2, -0.15) is 0 Å². The van der Waals surface area contributed by atoms with Gasteiger partial charge in [-0.25, -0.2) is 9.97 Å². The van der Waals surface area contributed by atoms with Gasteiger partial charge >= 0.3 is 0 Å². The molecule has 0 aliphatic carbocycles. The van der Waals surface area contributed by atoms with Gasteiger partial charge in [0.05, 0.1) is 23.7 Å². The number of anilines is 1. The Kier molecular flexibility index (Phi) is 4.46. The largest absolute Gasteiger partial charge is 0.394 e. The van der Waals surface area contributed by atoms with Crippen molar-refractivity contribution >= 4 is 30.2 Å². The molecule has 1 aliphatic rings. The first-order valence-electron chi connectivity index (χ1n) is 9.72. The molecule has 4 rings (SSSR count). The van der Waals surface area contributed by atoms with Crippen molar-refractivity contribution in [2.24, 2.45) is 0 Å². The fourth-order valence-corrected chi connectivity index (χ4v) is 4.62. The average Bonchev–Trinajstić information content (AvgIpc) is 3.18. The van der Waals surface area contributed by atoms with Crippen LogP contribution in [0.4, 0.5) is 5.82 Å². The summed E-state index contributed by atoms with van der Waals surface area (Å²) in [6, 6.07) is 4.59. The van der Waals surface area contributed by atoms with Gasteiger partial charge in [0.2, 0.25) is 0 Å². The summed E-state index contributed by atoms with van der Waals surface area (Å²) in [6.07, 6.45) is 4.28. The van der Waals surface area contributed by atoms with Gasteiger partial charge in [-0.15, -0.1) is 0 Å². The first-order valence-corrected chi connectivity index (χ1v) is 9.72. The van der Waals surface area contributed by atoms with E-state index in [0.717, 1.165) is 42.1 Å². The van der Waals surface area contributed by atoms with E-state index < -0.39 is 0 Å². The summed E-state index contributed by atoms with van der Waals surface area (Å²) < 4.78 is 2.22. The monoisotopic (exact) mass is 362 g/mol. The van der Waals surface area contributed by atoms with Crippen molar-refractivity contribution < 1.29 is 5.11 Å². The van der Waals surface area contributed by atoms with Crippen molar-refractivity contribution in [1.29, 1.82) is 0 Å². The number of aliphatic hydroxyl groups is 1. The van der Waals surface area contributed by atoms with Crippen LogP contribution in [-0.2, 0) is 0 Å². The Morgan fingerprint density at radius 3 is 2.48 bits per heavy atom. The SMILES string of the molecule is Bc1cc(C)c(-n2cc(C)c3c(N4CCCC4CO)nc(C)nc32)c(C)c1. The van der Waals surface area contributed by atoms with Gasteiger partial charge in [0.25, 0.3) is 0 Å². The minimum absolute atomic E-state index is 0.146. The Morgan fingerprint density at radius 2 is 1.81 bits per heavy atom. The maximum Gasteiger partial charge on any atom is 0.150 e. The topological polar surface area (TPSA) is 54.2 Å². The summed E-state index contributed by atoms with van der Waals surface area (Å²) in [5.41, 5.74) is 7.09. The van der Waals surface area contributed by atoms with Crippen LogP contribution in [0.25, 0.3) is 16.7 Å². The zero-order chi connectivity index (χ0) is 19.3. The molecule has 1 unspecified atom stereocenters. The second-order valence-corrected chi connectivity index (χ2v) is 7.89. The fraction of sp³-hybridized carbons (Fsp3) is 0.429. The number of hydrogen-bond acceptors (Lipinski definition) is 4. The summed E-state index contributed by atoms with van der Waals surface area (Å²) in [5.74, 6) is 1.73. The third kappa shape index (κ3) is 2.92. The van der Waals surface area contributed by atoms with Gasteiger partial charge in [-0.3, -0.25) is 0 Å². The van der Waals surface area contributed by atoms with Gasteiger partial charge in [-0.1, -0.05) is 17.6 Å². The van der Waals surface area contributed by atoms with Crippen LogP contribution in [0.15, 0.2) is 18.3 Å². The number of aliphatic hydroxyl groups excluding tert-OH is 1. The molecule has 0 bridgehead atoms. The third-order valence-corrected chi connectivity index (χ3v) is 5.66. The highest BCUT2D eigenvalue weighted by Crippen LogP contribution is 2.35. The van der Waals surface area contributed by atoms with E-state index in [9.17, 15) is 5.11 Å². The highest BCUT2D eigenvalue weighted by Gasteiger charge is 2.28. The lowest BCUT2D eigenvalue weighted by Gasteiger charge is -2.25. The Hall–Kier alpha value is -2.34. The highest BCUT2D eigenvalue weighted by atomic mass is 16.3. The van der Waals surface area contributed by atoms with E-state index >= 15 is 0 Å². The van der Waals surface area contributed by atoms with Crippen molar-refractivity contribution in [2.75, 3.05) is 18.1 Å². The average molecular weight is 362 g/mol. The highest BCUT2D eigenvalue weighted by molar-refractivity contribution is 6.32. The summed E-state index contributed by atoms with van der Waals surface area (Å²) in [7, 11) is 2.13. The van der Waals surface area contributed by atoms with Crippen molar-refractivity contribution in [2.45, 2.75) is 46.6 Å². The number of aryl methyl sites for hydroxylation is 4. The molecular formula is C21H27BN4O. The molecule has 1 aromatic carbocycles. The molecule has 3 aromatic rings. The Bertz CT molecular complexity index is 1000. The molecule has 6 heteroatoms. The molecule has 2 aromatic heterocycles. The zero-order valence-corrected chi connectivity index (χ0v) is 16.9. The molecule has 5 nitrogen and oxygen atoms in total. The molecule has 0 saturated carbocycles. The molecular weight excluding hydrogens is 335 g/mol. The second kappa shape index (κ2) is 6.68. The molecule has 1 aliphatic heterocycles. The maximum atomic E-state index is 9.80. The number of fused-ring (bicyclic) bond motifs is 1. The van der Waals surface area contributed by atoms with E-state index in [1.165, 1.54) is 27.8 Å². The van der Waals surface area contributed by atoms with Gasteiger partial charge in [0, 0.05) is 12.7 Å². The van der Waals surface area contributed by atoms with Crippen LogP contribution in [0.5, 0.6) is 0 Å². The van der Waals surface area contributed by atoms with E-state index in [1.54, 1.807) is 0 Å². The third-order valence-electron chi connectivity index (χ3n) is 5.66. The molecule has 0 spiro atoms. The number of aromatic nitrogens is 3. The fourth-order valence-electron chi connectivity index (χ4n) is 4.62. The molecule has 0 amide bonds. The van der Waals surface area contributed by atoms with Gasteiger partial charge in [0.1, 0.15) is 19.5 Å². The summed E-state index contributed by atoms with van der Waals surface area (Å²) in [6.45, 7) is 9.50. The first kappa shape index (κ1) is 18.0. The smallest absolute Gasteiger partial charge is 0.150 e. The Morgan fingerprint density at radius 1 is 1.11 bits per heavy atom. The van der Waals surface area contributed by atoms with Crippen LogP contribution < -0.4 is 10.4 Å². The first-order chi connectivity index (χ1) is 12.9. The molecule has 1 saturated heterocycles. The van der Waals surface area contributed by atoms with E-state index in [2.05, 4.69) is 56.4 Å². The maximum absolute atomic E-state index is 9.80. The Balaban J connectivity index is 1.99. The van der Waals surface area contributed by atoms with Crippen molar-refractivity contribution in [3.8, 4) is 5.69 Å². The van der Waals surface area contributed by atoms with Crippen LogP contribution in [0.2, 0.25) is 0 Å². The number of rotatable bonds is 3. The second-order valence-electron chi connectivity index (χ2n) is 7.89. The zero-order valence-electron chi connectivity index (χ0n) is 16.9. The molecule has 1 atom stereocenters. The number of hydrogen-bond donors (Lipinski definition) is 1. The minimum atomic E-state index is 0.146. The Labute approximate surface area is 161 Å². The van der Waals surface area contributed by atoms with Crippen molar-refractivity contribution in [3.05, 3.63) is 40.8 Å². The van der Waals surface area contributed by atoms with Crippen LogP contribution >= 0.6 is 0 Å². The van der Waals surface area contributed by atoms with E-state index in [4.69, 9.17) is 9.97 Å². The van der Waals surface area contributed by atoms with Crippen LogP contribution in [0, 0.1) is 27.7 Å². The normalized spacial score (nSPS) is 17.2. The van der Waals surface area contributed by atoms with Gasteiger partial charge in [-0.05, 0) is 57.2 Å². The van der Waals surface area contributed by atoms with E-state index in [-0.39, 0.29) is 12.6 Å². The summed E-state index contributed by atoms with van der Waals surface area (Å²) in [4.78, 5) is 11.9.